The summed E-state index contributed by atoms with van der Waals surface area (Å²) in [5, 5.41) is 1.43. The van der Waals surface area contributed by atoms with E-state index >= 15 is 0 Å². The second-order valence-electron chi connectivity index (χ2n) is 6.84. The first-order valence-corrected chi connectivity index (χ1v) is 10.6. The molecule has 0 saturated heterocycles. The van der Waals surface area contributed by atoms with Gasteiger partial charge in [-0.15, -0.1) is 0 Å². The molecule has 0 spiro atoms. The van der Waals surface area contributed by atoms with Gasteiger partial charge in [0, 0.05) is 12.3 Å². The Kier molecular flexibility index (Phi) is 5.92. The second kappa shape index (κ2) is 8.93. The second-order valence-corrected chi connectivity index (χ2v) is 7.78. The molecule has 3 aromatic carbocycles. The highest BCUT2D eigenvalue weighted by Crippen LogP contribution is 2.23. The number of nitrogens with zero attached hydrogens (tertiary/aromatic N) is 2. The van der Waals surface area contributed by atoms with E-state index in [-0.39, 0.29) is 5.56 Å². The third-order valence-electron chi connectivity index (χ3n) is 4.88. The number of rotatable bonds is 7. The summed E-state index contributed by atoms with van der Waals surface area (Å²) >= 11 is 1.60. The van der Waals surface area contributed by atoms with Crippen molar-refractivity contribution in [3.63, 3.8) is 0 Å². The standard InChI is InChI=1S/C25H22N2OS/c1-2-19-12-14-21(15-13-19)18-29-25-26-23-11-7-6-10-22(23)24(28)27(25)17-16-20-8-4-3-5-9-20/h2-15H,1,16-18H2. The summed E-state index contributed by atoms with van der Waals surface area (Å²) in [7, 11) is 0. The number of thioether (sulfide) groups is 1. The molecule has 0 amide bonds. The van der Waals surface area contributed by atoms with E-state index in [0.717, 1.165) is 28.4 Å². The fourth-order valence-corrected chi connectivity index (χ4v) is 4.22. The molecule has 4 aromatic rings. The van der Waals surface area contributed by atoms with Crippen LogP contribution in [0.15, 0.2) is 95.4 Å². The molecule has 3 nitrogen and oxygen atoms in total. The predicted octanol–water partition coefficient (Wildman–Crippen LogP) is 5.57. The van der Waals surface area contributed by atoms with Gasteiger partial charge in [0.05, 0.1) is 10.9 Å². The normalized spacial score (nSPS) is 10.9. The van der Waals surface area contributed by atoms with E-state index in [2.05, 4.69) is 43.0 Å². The fourth-order valence-electron chi connectivity index (χ4n) is 3.24. The molecule has 0 radical (unpaired) electrons. The van der Waals surface area contributed by atoms with Gasteiger partial charge in [-0.2, -0.15) is 0 Å². The van der Waals surface area contributed by atoms with Crippen LogP contribution in [-0.2, 0) is 18.7 Å². The molecule has 0 aliphatic rings. The molecule has 29 heavy (non-hydrogen) atoms. The van der Waals surface area contributed by atoms with Gasteiger partial charge in [-0.1, -0.05) is 91.1 Å². The van der Waals surface area contributed by atoms with Gasteiger partial charge < -0.3 is 0 Å². The van der Waals surface area contributed by atoms with Crippen molar-refractivity contribution in [1.82, 2.24) is 9.55 Å². The summed E-state index contributed by atoms with van der Waals surface area (Å²) in [6, 6.07) is 26.1. The molecule has 0 unspecified atom stereocenters. The summed E-state index contributed by atoms with van der Waals surface area (Å²) < 4.78 is 1.82. The molecule has 0 aliphatic heterocycles. The molecule has 0 aliphatic carbocycles. The Morgan fingerprint density at radius 1 is 0.897 bits per heavy atom. The van der Waals surface area contributed by atoms with Gasteiger partial charge in [-0.05, 0) is 35.2 Å². The number of fused-ring (bicyclic) bond motifs is 1. The summed E-state index contributed by atoms with van der Waals surface area (Å²) in [6.07, 6.45) is 2.63. The highest BCUT2D eigenvalue weighted by atomic mass is 32.2. The summed E-state index contributed by atoms with van der Waals surface area (Å²) in [4.78, 5) is 18.0. The maximum atomic E-state index is 13.2. The lowest BCUT2D eigenvalue weighted by Crippen LogP contribution is -2.24. The van der Waals surface area contributed by atoms with E-state index < -0.39 is 0 Å². The number of aryl methyl sites for hydroxylation is 1. The van der Waals surface area contributed by atoms with Crippen molar-refractivity contribution < 1.29 is 0 Å². The average Bonchev–Trinajstić information content (AvgIpc) is 2.78. The summed E-state index contributed by atoms with van der Waals surface area (Å²) in [5.74, 6) is 0.757. The van der Waals surface area contributed by atoms with E-state index in [4.69, 9.17) is 4.98 Å². The minimum atomic E-state index is 0.0241. The van der Waals surface area contributed by atoms with Gasteiger partial charge >= 0.3 is 0 Å². The van der Waals surface area contributed by atoms with Crippen LogP contribution < -0.4 is 5.56 Å². The molecule has 4 rings (SSSR count). The SMILES string of the molecule is C=Cc1ccc(CSc2nc3ccccc3c(=O)n2CCc2ccccc2)cc1. The molecular weight excluding hydrogens is 376 g/mol. The zero-order chi connectivity index (χ0) is 20.1. The zero-order valence-corrected chi connectivity index (χ0v) is 16.9. The van der Waals surface area contributed by atoms with Crippen LogP contribution in [0.5, 0.6) is 0 Å². The Labute approximate surface area is 174 Å². The van der Waals surface area contributed by atoms with E-state index in [1.807, 2.05) is 53.1 Å². The predicted molar refractivity (Wildman–Crippen MR) is 122 cm³/mol. The first kappa shape index (κ1) is 19.2. The fraction of sp³-hybridized carbons (Fsp3) is 0.120. The van der Waals surface area contributed by atoms with E-state index in [0.29, 0.717) is 11.9 Å². The van der Waals surface area contributed by atoms with Gasteiger partial charge in [0.25, 0.3) is 5.56 Å². The van der Waals surface area contributed by atoms with Crippen LogP contribution in [0.4, 0.5) is 0 Å². The van der Waals surface area contributed by atoms with Gasteiger partial charge in [0.15, 0.2) is 5.16 Å². The van der Waals surface area contributed by atoms with Gasteiger partial charge in [-0.3, -0.25) is 9.36 Å². The van der Waals surface area contributed by atoms with Crippen molar-refractivity contribution in [3.05, 3.63) is 112 Å². The Balaban J connectivity index is 1.64. The Hall–Kier alpha value is -3.11. The Morgan fingerprint density at radius 3 is 2.38 bits per heavy atom. The van der Waals surface area contributed by atoms with E-state index in [1.165, 1.54) is 11.1 Å². The van der Waals surface area contributed by atoms with Crippen molar-refractivity contribution in [3.8, 4) is 0 Å². The quantitative estimate of drug-likeness (QED) is 0.301. The first-order chi connectivity index (χ1) is 14.2. The van der Waals surface area contributed by atoms with Crippen LogP contribution in [-0.4, -0.2) is 9.55 Å². The van der Waals surface area contributed by atoms with Crippen LogP contribution in [0.1, 0.15) is 16.7 Å². The number of hydrogen-bond acceptors (Lipinski definition) is 3. The van der Waals surface area contributed by atoms with Crippen LogP contribution in [0, 0.1) is 0 Å². The van der Waals surface area contributed by atoms with Crippen molar-refractivity contribution in [2.24, 2.45) is 0 Å². The highest BCUT2D eigenvalue weighted by molar-refractivity contribution is 7.98. The molecule has 0 fully saturated rings. The zero-order valence-electron chi connectivity index (χ0n) is 16.1. The molecule has 1 aromatic heterocycles. The third-order valence-corrected chi connectivity index (χ3v) is 5.92. The molecule has 144 valence electrons. The largest absolute Gasteiger partial charge is 0.287 e. The maximum absolute atomic E-state index is 13.2. The molecule has 4 heteroatoms. The smallest absolute Gasteiger partial charge is 0.262 e. The molecule has 0 bridgehead atoms. The lowest BCUT2D eigenvalue weighted by molar-refractivity contribution is 0.595. The number of hydrogen-bond donors (Lipinski definition) is 0. The molecule has 1 heterocycles. The average molecular weight is 399 g/mol. The number of benzene rings is 3. The molecule has 0 N–H and O–H groups in total. The lowest BCUT2D eigenvalue weighted by Gasteiger charge is -2.13. The lowest BCUT2D eigenvalue weighted by atomic mass is 10.1. The monoisotopic (exact) mass is 398 g/mol. The van der Waals surface area contributed by atoms with Crippen LogP contribution >= 0.6 is 11.8 Å². The van der Waals surface area contributed by atoms with Crippen LogP contribution in [0.25, 0.3) is 17.0 Å². The number of para-hydroxylation sites is 1. The summed E-state index contributed by atoms with van der Waals surface area (Å²) in [6.45, 7) is 4.41. The van der Waals surface area contributed by atoms with Crippen molar-refractivity contribution in [2.45, 2.75) is 23.9 Å². The number of aromatic nitrogens is 2. The van der Waals surface area contributed by atoms with E-state index in [1.54, 1.807) is 11.8 Å². The first-order valence-electron chi connectivity index (χ1n) is 9.62. The highest BCUT2D eigenvalue weighted by Gasteiger charge is 2.12. The topological polar surface area (TPSA) is 34.9 Å². The molecule has 0 saturated carbocycles. The van der Waals surface area contributed by atoms with Crippen molar-refractivity contribution in [1.29, 1.82) is 0 Å². The van der Waals surface area contributed by atoms with Crippen molar-refractivity contribution in [2.75, 3.05) is 0 Å². The summed E-state index contributed by atoms with van der Waals surface area (Å²) in [5.41, 5.74) is 4.28. The van der Waals surface area contributed by atoms with Gasteiger partial charge in [0.1, 0.15) is 0 Å². The van der Waals surface area contributed by atoms with E-state index in [9.17, 15) is 4.79 Å². The molecule has 0 atom stereocenters. The van der Waals surface area contributed by atoms with Gasteiger partial charge in [0.2, 0.25) is 0 Å². The Bertz CT molecular complexity index is 1180. The van der Waals surface area contributed by atoms with Gasteiger partial charge in [-0.25, -0.2) is 4.98 Å². The van der Waals surface area contributed by atoms with Crippen molar-refractivity contribution >= 4 is 28.7 Å². The maximum Gasteiger partial charge on any atom is 0.262 e. The molecular formula is C25H22N2OS. The third kappa shape index (κ3) is 4.49. The minimum Gasteiger partial charge on any atom is -0.287 e. The van der Waals surface area contributed by atoms with Crippen LogP contribution in [0.2, 0.25) is 0 Å². The van der Waals surface area contributed by atoms with Crippen LogP contribution in [0.3, 0.4) is 0 Å². The Morgan fingerprint density at radius 2 is 1.62 bits per heavy atom. The minimum absolute atomic E-state index is 0.0241.